The van der Waals surface area contributed by atoms with Crippen molar-refractivity contribution < 1.29 is 9.53 Å². The summed E-state index contributed by atoms with van der Waals surface area (Å²) in [4.78, 5) is 15.1. The average Bonchev–Trinajstić information content (AvgIpc) is 2.98. The maximum Gasteiger partial charge on any atom is 0.407 e. The van der Waals surface area contributed by atoms with Crippen LogP contribution in [0.15, 0.2) is 48.5 Å². The van der Waals surface area contributed by atoms with Gasteiger partial charge in [0, 0.05) is 33.7 Å². The van der Waals surface area contributed by atoms with Gasteiger partial charge in [0.25, 0.3) is 0 Å². The number of alkyl carbamates (subject to hydrolysis) is 1. The van der Waals surface area contributed by atoms with E-state index in [1.165, 1.54) is 0 Å². The van der Waals surface area contributed by atoms with Crippen molar-refractivity contribution >= 4 is 28.6 Å². The summed E-state index contributed by atoms with van der Waals surface area (Å²) in [6.45, 7) is 6.04. The number of amides is 1. The molecule has 1 heterocycles. The van der Waals surface area contributed by atoms with Crippen molar-refractivity contribution in [3.63, 3.8) is 0 Å². The van der Waals surface area contributed by atoms with Gasteiger partial charge in [0.2, 0.25) is 0 Å². The van der Waals surface area contributed by atoms with Crippen molar-refractivity contribution in [3.8, 4) is 11.3 Å². The standard InChI is InChI=1S/C21H23ClN2O2/c1-21(2,3)26-20(25)23-11-10-14-8-9-17(22)16(12-14)19-13-15-6-4-5-7-18(15)24-19/h4-9,12-13,24H,10-11H2,1-3H3,(H,23,25). The smallest absolute Gasteiger partial charge is 0.407 e. The first kappa shape index (κ1) is 18.3. The van der Waals surface area contributed by atoms with E-state index in [9.17, 15) is 4.79 Å². The number of nitrogens with one attached hydrogen (secondary N) is 2. The third-order valence-electron chi connectivity index (χ3n) is 3.93. The van der Waals surface area contributed by atoms with E-state index in [-0.39, 0.29) is 0 Å². The van der Waals surface area contributed by atoms with E-state index in [1.807, 2.05) is 51.1 Å². The quantitative estimate of drug-likeness (QED) is 0.632. The van der Waals surface area contributed by atoms with Crippen LogP contribution in [0, 0.1) is 0 Å². The zero-order chi connectivity index (χ0) is 18.7. The number of H-pyrrole nitrogens is 1. The van der Waals surface area contributed by atoms with E-state index in [2.05, 4.69) is 28.5 Å². The molecule has 26 heavy (non-hydrogen) atoms. The third kappa shape index (κ3) is 4.58. The summed E-state index contributed by atoms with van der Waals surface area (Å²) in [5, 5.41) is 4.62. The van der Waals surface area contributed by atoms with E-state index in [1.54, 1.807) is 0 Å². The number of benzene rings is 2. The van der Waals surface area contributed by atoms with Crippen LogP contribution < -0.4 is 5.32 Å². The first-order valence-electron chi connectivity index (χ1n) is 8.65. The lowest BCUT2D eigenvalue weighted by atomic mass is 10.1. The van der Waals surface area contributed by atoms with Crippen LogP contribution in [0.5, 0.6) is 0 Å². The second kappa shape index (κ2) is 7.42. The molecular formula is C21H23ClN2O2. The second-order valence-electron chi connectivity index (χ2n) is 7.26. The highest BCUT2D eigenvalue weighted by Gasteiger charge is 2.15. The molecule has 0 saturated carbocycles. The number of halogens is 1. The molecule has 5 heteroatoms. The Kier molecular flexibility index (Phi) is 5.23. The molecule has 0 fully saturated rings. The Balaban J connectivity index is 1.71. The van der Waals surface area contributed by atoms with Gasteiger partial charge in [0.05, 0.1) is 0 Å². The molecule has 0 aliphatic carbocycles. The first-order chi connectivity index (χ1) is 12.3. The molecule has 0 spiro atoms. The maximum absolute atomic E-state index is 11.7. The molecule has 0 unspecified atom stereocenters. The number of aromatic nitrogens is 1. The highest BCUT2D eigenvalue weighted by molar-refractivity contribution is 6.33. The topological polar surface area (TPSA) is 54.1 Å². The minimum absolute atomic E-state index is 0.401. The predicted octanol–water partition coefficient (Wildman–Crippen LogP) is 5.56. The van der Waals surface area contributed by atoms with Crippen molar-refractivity contribution in [2.75, 3.05) is 6.54 Å². The van der Waals surface area contributed by atoms with Crippen molar-refractivity contribution in [2.24, 2.45) is 0 Å². The second-order valence-corrected chi connectivity index (χ2v) is 7.67. The fourth-order valence-corrected chi connectivity index (χ4v) is 3.00. The molecule has 3 aromatic rings. The summed E-state index contributed by atoms with van der Waals surface area (Å²) in [6.07, 6.45) is 0.297. The predicted molar refractivity (Wildman–Crippen MR) is 107 cm³/mol. The fraction of sp³-hybridized carbons (Fsp3) is 0.286. The number of fused-ring (bicyclic) bond motifs is 1. The van der Waals surface area contributed by atoms with Crippen molar-refractivity contribution in [3.05, 3.63) is 59.1 Å². The monoisotopic (exact) mass is 370 g/mol. The Bertz CT molecular complexity index is 892. The van der Waals surface area contributed by atoms with Crippen LogP contribution >= 0.6 is 11.6 Å². The number of carbonyl (C=O) groups is 1. The number of aromatic amines is 1. The molecule has 3 rings (SSSR count). The summed E-state index contributed by atoms with van der Waals surface area (Å²) >= 11 is 6.41. The molecule has 0 aliphatic heterocycles. The Morgan fingerprint density at radius 1 is 1.15 bits per heavy atom. The van der Waals surface area contributed by atoms with Crippen LogP contribution in [-0.2, 0) is 11.2 Å². The number of hydrogen-bond donors (Lipinski definition) is 2. The molecule has 1 aromatic heterocycles. The third-order valence-corrected chi connectivity index (χ3v) is 4.26. The first-order valence-corrected chi connectivity index (χ1v) is 9.03. The van der Waals surface area contributed by atoms with Crippen molar-refractivity contribution in [1.82, 2.24) is 10.3 Å². The Hall–Kier alpha value is -2.46. The largest absolute Gasteiger partial charge is 0.444 e. The van der Waals surface area contributed by atoms with E-state index >= 15 is 0 Å². The summed E-state index contributed by atoms with van der Waals surface area (Å²) in [6, 6.07) is 16.2. The van der Waals surface area contributed by atoms with E-state index in [0.29, 0.717) is 18.0 Å². The minimum atomic E-state index is -0.493. The van der Waals surface area contributed by atoms with Gasteiger partial charge in [0.15, 0.2) is 0 Å². The van der Waals surface area contributed by atoms with E-state index in [4.69, 9.17) is 16.3 Å². The Morgan fingerprint density at radius 3 is 2.65 bits per heavy atom. The van der Waals surface area contributed by atoms with Gasteiger partial charge < -0.3 is 15.0 Å². The molecule has 0 aliphatic rings. The Labute approximate surface area is 158 Å². The molecular weight excluding hydrogens is 348 g/mol. The van der Waals surface area contributed by atoms with Crippen molar-refractivity contribution in [2.45, 2.75) is 32.8 Å². The summed E-state index contributed by atoms with van der Waals surface area (Å²) in [5.41, 5.74) is 3.62. The van der Waals surface area contributed by atoms with Gasteiger partial charge in [-0.25, -0.2) is 4.79 Å². The van der Waals surface area contributed by atoms with Crippen LogP contribution in [0.25, 0.3) is 22.2 Å². The lowest BCUT2D eigenvalue weighted by Crippen LogP contribution is -2.33. The van der Waals surface area contributed by atoms with Crippen LogP contribution in [0.4, 0.5) is 4.79 Å². The lowest BCUT2D eigenvalue weighted by molar-refractivity contribution is 0.0528. The number of ether oxygens (including phenoxy) is 1. The molecule has 136 valence electrons. The van der Waals surface area contributed by atoms with Crippen LogP contribution in [0.1, 0.15) is 26.3 Å². The normalized spacial score (nSPS) is 11.5. The fourth-order valence-electron chi connectivity index (χ4n) is 2.78. The average molecular weight is 371 g/mol. The van der Waals surface area contributed by atoms with Crippen molar-refractivity contribution in [1.29, 1.82) is 0 Å². The molecule has 0 bridgehead atoms. The Morgan fingerprint density at radius 2 is 1.92 bits per heavy atom. The highest BCUT2D eigenvalue weighted by atomic mass is 35.5. The minimum Gasteiger partial charge on any atom is -0.444 e. The molecule has 0 saturated heterocycles. The van der Waals surface area contributed by atoms with Crippen LogP contribution in [-0.4, -0.2) is 23.2 Å². The molecule has 0 atom stereocenters. The zero-order valence-electron chi connectivity index (χ0n) is 15.2. The molecule has 2 N–H and O–H groups in total. The zero-order valence-corrected chi connectivity index (χ0v) is 16.0. The molecule has 2 aromatic carbocycles. The van der Waals surface area contributed by atoms with Crippen LogP contribution in [0.3, 0.4) is 0 Å². The van der Waals surface area contributed by atoms with Gasteiger partial charge in [-0.3, -0.25) is 0 Å². The molecule has 4 nitrogen and oxygen atoms in total. The SMILES string of the molecule is CC(C)(C)OC(=O)NCCc1ccc(Cl)c(-c2cc3ccccc3[nH]2)c1. The number of hydrogen-bond acceptors (Lipinski definition) is 2. The number of rotatable bonds is 4. The van der Waals surface area contributed by atoms with E-state index in [0.717, 1.165) is 27.7 Å². The lowest BCUT2D eigenvalue weighted by Gasteiger charge is -2.19. The van der Waals surface area contributed by atoms with E-state index < -0.39 is 11.7 Å². The van der Waals surface area contributed by atoms with Gasteiger partial charge in [-0.1, -0.05) is 35.9 Å². The van der Waals surface area contributed by atoms with Crippen LogP contribution in [0.2, 0.25) is 5.02 Å². The number of para-hydroxylation sites is 1. The van der Waals surface area contributed by atoms with Gasteiger partial charge in [-0.2, -0.15) is 0 Å². The molecule has 0 radical (unpaired) electrons. The van der Waals surface area contributed by atoms with Gasteiger partial charge in [-0.15, -0.1) is 0 Å². The summed E-state index contributed by atoms with van der Waals surface area (Å²) in [7, 11) is 0. The summed E-state index contributed by atoms with van der Waals surface area (Å²) < 4.78 is 5.25. The van der Waals surface area contributed by atoms with Gasteiger partial charge in [0.1, 0.15) is 5.60 Å². The highest BCUT2D eigenvalue weighted by Crippen LogP contribution is 2.30. The van der Waals surface area contributed by atoms with Gasteiger partial charge in [-0.05, 0) is 57.0 Å². The summed E-state index contributed by atoms with van der Waals surface area (Å²) in [5.74, 6) is 0. The molecule has 1 amide bonds. The maximum atomic E-state index is 11.7. The van der Waals surface area contributed by atoms with Gasteiger partial charge >= 0.3 is 6.09 Å². The number of carbonyl (C=O) groups excluding carboxylic acids is 1.